The second kappa shape index (κ2) is 6.78. The lowest BCUT2D eigenvalue weighted by molar-refractivity contribution is -0.132. The lowest BCUT2D eigenvalue weighted by Crippen LogP contribution is -2.50. The van der Waals surface area contributed by atoms with Gasteiger partial charge < -0.3 is 20.2 Å². The summed E-state index contributed by atoms with van der Waals surface area (Å²) in [4.78, 5) is 28.4. The van der Waals surface area contributed by atoms with E-state index in [1.54, 1.807) is 6.92 Å². The van der Waals surface area contributed by atoms with Crippen LogP contribution < -0.4 is 15.5 Å². The van der Waals surface area contributed by atoms with Crippen LogP contribution in [0, 0.1) is 0 Å². The molecule has 2 saturated heterocycles. The van der Waals surface area contributed by atoms with Crippen molar-refractivity contribution in [1.82, 2.24) is 15.5 Å². The van der Waals surface area contributed by atoms with E-state index in [-0.39, 0.29) is 18.2 Å². The number of benzene rings is 1. The van der Waals surface area contributed by atoms with E-state index >= 15 is 0 Å². The molecule has 0 spiro atoms. The van der Waals surface area contributed by atoms with E-state index < -0.39 is 11.9 Å². The van der Waals surface area contributed by atoms with Crippen LogP contribution in [0.5, 0.6) is 0 Å². The third-order valence-corrected chi connectivity index (χ3v) is 4.82. The van der Waals surface area contributed by atoms with Crippen LogP contribution in [0.4, 0.5) is 5.69 Å². The maximum absolute atomic E-state index is 12.4. The zero-order valence-electron chi connectivity index (χ0n) is 13.9. The number of nitrogens with one attached hydrogen (secondary N) is 2. The molecule has 2 fully saturated rings. The number of rotatable bonds is 4. The number of aliphatic hydroxyl groups excluding tert-OH is 1. The van der Waals surface area contributed by atoms with Crippen molar-refractivity contribution in [3.8, 4) is 0 Å². The molecule has 7 heteroatoms. The average Bonchev–Trinajstić information content (AvgIpc) is 2.86. The molecule has 0 aliphatic carbocycles. The Kier molecular flexibility index (Phi) is 4.73. The second-order valence-corrected chi connectivity index (χ2v) is 6.56. The summed E-state index contributed by atoms with van der Waals surface area (Å²) in [6.45, 7) is 4.70. The van der Waals surface area contributed by atoms with Crippen LogP contribution in [0.2, 0.25) is 0 Å². The first-order valence-electron chi connectivity index (χ1n) is 8.32. The molecule has 2 atom stereocenters. The molecule has 130 valence electrons. The first-order chi connectivity index (χ1) is 11.5. The Morgan fingerprint density at radius 3 is 2.50 bits per heavy atom. The Balaban J connectivity index is 1.48. The smallest absolute Gasteiger partial charge is 0.243 e. The van der Waals surface area contributed by atoms with Gasteiger partial charge in [0.05, 0.1) is 5.54 Å². The molecule has 1 aromatic carbocycles. The number of hydrogen-bond donors (Lipinski definition) is 3. The van der Waals surface area contributed by atoms with Crippen LogP contribution in [0.15, 0.2) is 30.3 Å². The number of piperazine rings is 1. The van der Waals surface area contributed by atoms with Gasteiger partial charge >= 0.3 is 0 Å². The lowest BCUT2D eigenvalue weighted by atomic mass is 9.96. The minimum Gasteiger partial charge on any atom is -0.368 e. The minimum absolute atomic E-state index is 0.0555. The molecule has 0 radical (unpaired) electrons. The Morgan fingerprint density at radius 1 is 1.25 bits per heavy atom. The molecule has 1 aromatic rings. The highest BCUT2D eigenvalue weighted by Crippen LogP contribution is 2.20. The summed E-state index contributed by atoms with van der Waals surface area (Å²) in [5.41, 5.74) is 0.291. The second-order valence-electron chi connectivity index (χ2n) is 6.56. The van der Waals surface area contributed by atoms with Crippen LogP contribution in [-0.2, 0) is 9.59 Å². The molecule has 3 N–H and O–H groups in total. The highest BCUT2D eigenvalue weighted by molar-refractivity contribution is 5.88. The summed E-state index contributed by atoms with van der Waals surface area (Å²) < 4.78 is 0. The molecule has 2 unspecified atom stereocenters. The number of aliphatic hydroxyl groups is 1. The topological polar surface area (TPSA) is 84.9 Å². The summed E-state index contributed by atoms with van der Waals surface area (Å²) >= 11 is 0. The van der Waals surface area contributed by atoms with Gasteiger partial charge in [0, 0.05) is 38.3 Å². The fourth-order valence-corrected chi connectivity index (χ4v) is 3.24. The summed E-state index contributed by atoms with van der Waals surface area (Å²) in [5, 5.41) is 14.6. The molecular weight excluding hydrogens is 308 g/mol. The average molecular weight is 332 g/mol. The highest BCUT2D eigenvalue weighted by atomic mass is 16.3. The van der Waals surface area contributed by atoms with Gasteiger partial charge in [-0.2, -0.15) is 0 Å². The van der Waals surface area contributed by atoms with Gasteiger partial charge in [0.15, 0.2) is 6.35 Å². The van der Waals surface area contributed by atoms with Gasteiger partial charge in [-0.05, 0) is 25.5 Å². The standard InChI is InChI=1S/C17H24N4O3/c1-17(15(23)18-16(24)19-17)8-7-14(22)21-11-9-20(10-12-21)13-5-3-2-4-6-13/h2-6,16,19,24H,7-12H2,1H3,(H,18,23). The predicted octanol–water partition coefficient (Wildman–Crippen LogP) is -0.131. The van der Waals surface area contributed by atoms with Gasteiger partial charge in [-0.1, -0.05) is 18.2 Å². The molecule has 7 nitrogen and oxygen atoms in total. The van der Waals surface area contributed by atoms with Gasteiger partial charge in [0.1, 0.15) is 0 Å². The number of carbonyl (C=O) groups is 2. The Bertz CT molecular complexity index is 601. The fourth-order valence-electron chi connectivity index (χ4n) is 3.24. The Morgan fingerprint density at radius 2 is 1.92 bits per heavy atom. The molecule has 0 aromatic heterocycles. The zero-order valence-corrected chi connectivity index (χ0v) is 13.9. The summed E-state index contributed by atoms with van der Waals surface area (Å²) in [5.74, 6) is -0.211. The lowest BCUT2D eigenvalue weighted by Gasteiger charge is -2.36. The van der Waals surface area contributed by atoms with Crippen molar-refractivity contribution < 1.29 is 14.7 Å². The van der Waals surface area contributed by atoms with Crippen molar-refractivity contribution in [2.24, 2.45) is 0 Å². The first kappa shape index (κ1) is 16.7. The molecule has 0 saturated carbocycles. The van der Waals surface area contributed by atoms with Crippen LogP contribution >= 0.6 is 0 Å². The highest BCUT2D eigenvalue weighted by Gasteiger charge is 2.41. The van der Waals surface area contributed by atoms with Crippen molar-refractivity contribution in [2.75, 3.05) is 31.1 Å². The summed E-state index contributed by atoms with van der Waals surface area (Å²) in [6.07, 6.45) is -0.380. The van der Waals surface area contributed by atoms with Crippen molar-refractivity contribution in [2.45, 2.75) is 31.7 Å². The minimum atomic E-state index is -1.04. The van der Waals surface area contributed by atoms with Gasteiger partial charge in [-0.15, -0.1) is 0 Å². The van der Waals surface area contributed by atoms with Crippen LogP contribution in [0.3, 0.4) is 0 Å². The number of hydrogen-bond acceptors (Lipinski definition) is 5. The van der Waals surface area contributed by atoms with Crippen molar-refractivity contribution >= 4 is 17.5 Å². The quantitative estimate of drug-likeness (QED) is 0.715. The van der Waals surface area contributed by atoms with Crippen LogP contribution in [0.25, 0.3) is 0 Å². The first-order valence-corrected chi connectivity index (χ1v) is 8.32. The van der Waals surface area contributed by atoms with Gasteiger partial charge in [-0.25, -0.2) is 0 Å². The number of nitrogens with zero attached hydrogens (tertiary/aromatic N) is 2. The third kappa shape index (κ3) is 3.52. The van der Waals surface area contributed by atoms with Gasteiger partial charge in [0.25, 0.3) is 0 Å². The number of amides is 2. The van der Waals surface area contributed by atoms with E-state index in [1.807, 2.05) is 23.1 Å². The number of carbonyl (C=O) groups excluding carboxylic acids is 2. The summed E-state index contributed by atoms with van der Waals surface area (Å²) in [7, 11) is 0. The number of anilines is 1. The Hall–Kier alpha value is -2.12. The molecule has 24 heavy (non-hydrogen) atoms. The largest absolute Gasteiger partial charge is 0.368 e. The molecular formula is C17H24N4O3. The zero-order chi connectivity index (χ0) is 17.2. The normalized spacial score (nSPS) is 27.2. The Labute approximate surface area is 141 Å². The van der Waals surface area contributed by atoms with E-state index in [1.165, 1.54) is 5.69 Å². The van der Waals surface area contributed by atoms with E-state index in [0.29, 0.717) is 19.5 Å². The molecule has 2 heterocycles. The van der Waals surface area contributed by atoms with E-state index in [2.05, 4.69) is 27.7 Å². The molecule has 2 aliphatic rings. The third-order valence-electron chi connectivity index (χ3n) is 4.82. The molecule has 3 rings (SSSR count). The molecule has 2 aliphatic heterocycles. The van der Waals surface area contributed by atoms with Gasteiger partial charge in [-0.3, -0.25) is 14.9 Å². The summed E-state index contributed by atoms with van der Waals surface area (Å²) in [6, 6.07) is 10.2. The van der Waals surface area contributed by atoms with Crippen molar-refractivity contribution in [3.63, 3.8) is 0 Å². The maximum atomic E-state index is 12.4. The van der Waals surface area contributed by atoms with Crippen molar-refractivity contribution in [3.05, 3.63) is 30.3 Å². The maximum Gasteiger partial charge on any atom is 0.243 e. The van der Waals surface area contributed by atoms with Gasteiger partial charge in [0.2, 0.25) is 11.8 Å². The predicted molar refractivity (Wildman–Crippen MR) is 90.2 cm³/mol. The van der Waals surface area contributed by atoms with E-state index in [4.69, 9.17) is 0 Å². The number of para-hydroxylation sites is 1. The monoisotopic (exact) mass is 332 g/mol. The van der Waals surface area contributed by atoms with Crippen LogP contribution in [-0.4, -0.2) is 59.9 Å². The van der Waals surface area contributed by atoms with Crippen LogP contribution in [0.1, 0.15) is 19.8 Å². The fraction of sp³-hybridized carbons (Fsp3) is 0.529. The van der Waals surface area contributed by atoms with E-state index in [9.17, 15) is 14.7 Å². The molecule has 2 amide bonds. The SMILES string of the molecule is CC1(CCC(=O)N2CCN(c3ccccc3)CC2)NC(O)NC1=O. The van der Waals surface area contributed by atoms with Crippen molar-refractivity contribution in [1.29, 1.82) is 0 Å². The van der Waals surface area contributed by atoms with E-state index in [0.717, 1.165) is 13.1 Å². The molecule has 0 bridgehead atoms.